The zero-order chi connectivity index (χ0) is 21.4. The number of thiophene rings is 1. The highest BCUT2D eigenvalue weighted by atomic mass is 79.9. The van der Waals surface area contributed by atoms with Gasteiger partial charge in [-0.2, -0.15) is 0 Å². The minimum absolute atomic E-state index is 0.0361. The van der Waals surface area contributed by atoms with Crippen LogP contribution in [0.1, 0.15) is 17.5 Å². The molecule has 1 aromatic carbocycles. The van der Waals surface area contributed by atoms with Gasteiger partial charge in [0.25, 0.3) is 5.91 Å². The van der Waals surface area contributed by atoms with Crippen molar-refractivity contribution in [1.29, 1.82) is 0 Å². The number of hydrogen-bond donors (Lipinski definition) is 2. The third kappa shape index (κ3) is 4.26. The normalized spacial score (nSPS) is 20.9. The third-order valence-electron chi connectivity index (χ3n) is 4.97. The maximum Gasteiger partial charge on any atom is 0.253 e. The molecule has 0 radical (unpaired) electrons. The maximum atomic E-state index is 14.8. The van der Waals surface area contributed by atoms with Crippen molar-refractivity contribution in [3.63, 3.8) is 0 Å². The summed E-state index contributed by atoms with van der Waals surface area (Å²) in [6.07, 6.45) is -0.940. The molecule has 1 aromatic heterocycles. The molecule has 2 fully saturated rings. The summed E-state index contributed by atoms with van der Waals surface area (Å²) in [6.45, 7) is 0.244. The number of carbonyl (C=O) groups excluding carboxylic acids is 2. The Labute approximate surface area is 183 Å². The summed E-state index contributed by atoms with van der Waals surface area (Å²) in [5.74, 6) is -2.44. The number of rotatable bonds is 5. The molecule has 2 amide bonds. The van der Waals surface area contributed by atoms with Crippen LogP contribution in [-0.4, -0.2) is 49.3 Å². The van der Waals surface area contributed by atoms with Gasteiger partial charge in [0.05, 0.1) is 21.8 Å². The SMILES string of the molecule is O=C1COCCN1c1cc(F)c(N2C[C@H](NC(O)c3ccc(Br)s3)CC2=O)cc1F. The molecule has 2 aromatic rings. The van der Waals surface area contributed by atoms with Crippen LogP contribution in [0.5, 0.6) is 0 Å². The Morgan fingerprint density at radius 2 is 1.87 bits per heavy atom. The summed E-state index contributed by atoms with van der Waals surface area (Å²) in [4.78, 5) is 27.3. The molecular weight excluding hydrogens is 484 g/mol. The first-order valence-corrected chi connectivity index (χ1v) is 10.8. The van der Waals surface area contributed by atoms with Crippen LogP contribution in [0, 0.1) is 11.6 Å². The van der Waals surface area contributed by atoms with Gasteiger partial charge in [0.1, 0.15) is 24.5 Å². The number of halogens is 3. The fourth-order valence-electron chi connectivity index (χ4n) is 3.54. The molecule has 160 valence electrons. The van der Waals surface area contributed by atoms with Crippen LogP contribution in [-0.2, 0) is 14.3 Å². The Balaban J connectivity index is 1.50. The second-order valence-corrected chi connectivity index (χ2v) is 9.46. The van der Waals surface area contributed by atoms with Crippen molar-refractivity contribution in [3.05, 3.63) is 44.6 Å². The van der Waals surface area contributed by atoms with Crippen LogP contribution in [0.4, 0.5) is 20.2 Å². The predicted molar refractivity (Wildman–Crippen MR) is 110 cm³/mol. The van der Waals surface area contributed by atoms with E-state index in [1.807, 2.05) is 0 Å². The lowest BCUT2D eigenvalue weighted by atomic mass is 10.2. The van der Waals surface area contributed by atoms with E-state index in [0.29, 0.717) is 4.88 Å². The molecule has 3 heterocycles. The first-order valence-electron chi connectivity index (χ1n) is 9.20. The average Bonchev–Trinajstić information content (AvgIpc) is 3.29. The van der Waals surface area contributed by atoms with Gasteiger partial charge in [-0.15, -0.1) is 11.3 Å². The molecule has 2 saturated heterocycles. The van der Waals surface area contributed by atoms with E-state index in [2.05, 4.69) is 21.2 Å². The van der Waals surface area contributed by atoms with Crippen molar-refractivity contribution in [1.82, 2.24) is 5.32 Å². The van der Waals surface area contributed by atoms with Crippen molar-refractivity contribution in [2.45, 2.75) is 18.7 Å². The van der Waals surface area contributed by atoms with Crippen LogP contribution in [0.25, 0.3) is 0 Å². The summed E-state index contributed by atoms with van der Waals surface area (Å²) in [7, 11) is 0. The van der Waals surface area contributed by atoms with Crippen LogP contribution in [0.3, 0.4) is 0 Å². The minimum Gasteiger partial charge on any atom is -0.373 e. The van der Waals surface area contributed by atoms with Gasteiger partial charge in [0.15, 0.2) is 0 Å². The first-order chi connectivity index (χ1) is 14.3. The summed E-state index contributed by atoms with van der Waals surface area (Å²) >= 11 is 4.68. The van der Waals surface area contributed by atoms with E-state index in [1.165, 1.54) is 11.3 Å². The molecule has 2 atom stereocenters. The van der Waals surface area contributed by atoms with Crippen molar-refractivity contribution < 1.29 is 28.2 Å². The predicted octanol–water partition coefficient (Wildman–Crippen LogP) is 2.54. The maximum absolute atomic E-state index is 14.8. The monoisotopic (exact) mass is 501 g/mol. The number of amides is 2. The highest BCUT2D eigenvalue weighted by molar-refractivity contribution is 9.11. The van der Waals surface area contributed by atoms with E-state index in [0.717, 1.165) is 25.7 Å². The number of anilines is 2. The molecule has 4 rings (SSSR count). The lowest BCUT2D eigenvalue weighted by Gasteiger charge is -2.28. The Bertz CT molecular complexity index is 989. The molecule has 2 aliphatic heterocycles. The molecule has 11 heteroatoms. The van der Waals surface area contributed by atoms with Crippen LogP contribution in [0.2, 0.25) is 0 Å². The minimum atomic E-state index is -0.977. The Morgan fingerprint density at radius 3 is 2.50 bits per heavy atom. The van der Waals surface area contributed by atoms with E-state index in [1.54, 1.807) is 12.1 Å². The number of nitrogens with zero attached hydrogens (tertiary/aromatic N) is 2. The van der Waals surface area contributed by atoms with Gasteiger partial charge in [0, 0.05) is 42.6 Å². The van der Waals surface area contributed by atoms with Gasteiger partial charge in [-0.3, -0.25) is 14.9 Å². The largest absolute Gasteiger partial charge is 0.373 e. The number of hydrogen-bond acceptors (Lipinski definition) is 6. The summed E-state index contributed by atoms with van der Waals surface area (Å²) < 4.78 is 35.4. The lowest BCUT2D eigenvalue weighted by Crippen LogP contribution is -2.42. The second kappa shape index (κ2) is 8.67. The van der Waals surface area contributed by atoms with Crippen LogP contribution < -0.4 is 15.1 Å². The van der Waals surface area contributed by atoms with E-state index < -0.39 is 29.8 Å². The summed E-state index contributed by atoms with van der Waals surface area (Å²) in [5.41, 5.74) is -0.371. The fourth-order valence-corrected chi connectivity index (χ4v) is 4.91. The Morgan fingerprint density at radius 1 is 1.17 bits per heavy atom. The van der Waals surface area contributed by atoms with Gasteiger partial charge in [0.2, 0.25) is 5.91 Å². The molecular formula is C19H18BrF2N3O4S. The van der Waals surface area contributed by atoms with E-state index in [9.17, 15) is 23.5 Å². The number of carbonyl (C=O) groups is 2. The highest BCUT2D eigenvalue weighted by Gasteiger charge is 2.34. The van der Waals surface area contributed by atoms with Gasteiger partial charge in [-0.05, 0) is 28.1 Å². The Hall–Kier alpha value is -1.92. The lowest BCUT2D eigenvalue weighted by molar-refractivity contribution is -0.125. The third-order valence-corrected chi connectivity index (χ3v) is 6.64. The van der Waals surface area contributed by atoms with Crippen LogP contribution >= 0.6 is 27.3 Å². The molecule has 30 heavy (non-hydrogen) atoms. The van der Waals surface area contributed by atoms with E-state index in [-0.39, 0.29) is 50.0 Å². The van der Waals surface area contributed by atoms with Crippen molar-refractivity contribution in [3.8, 4) is 0 Å². The van der Waals surface area contributed by atoms with Gasteiger partial charge < -0.3 is 19.6 Å². The molecule has 0 aliphatic carbocycles. The van der Waals surface area contributed by atoms with E-state index in [4.69, 9.17) is 4.74 Å². The number of aliphatic hydroxyl groups is 1. The van der Waals surface area contributed by atoms with E-state index >= 15 is 0 Å². The van der Waals surface area contributed by atoms with Crippen molar-refractivity contribution in [2.24, 2.45) is 0 Å². The van der Waals surface area contributed by atoms with Crippen molar-refractivity contribution in [2.75, 3.05) is 36.1 Å². The van der Waals surface area contributed by atoms with Gasteiger partial charge in [-0.25, -0.2) is 8.78 Å². The van der Waals surface area contributed by atoms with Crippen molar-refractivity contribution >= 4 is 50.5 Å². The smallest absolute Gasteiger partial charge is 0.253 e. The molecule has 2 aliphatic rings. The molecule has 0 spiro atoms. The van der Waals surface area contributed by atoms with Gasteiger partial charge >= 0.3 is 0 Å². The summed E-state index contributed by atoms with van der Waals surface area (Å²) in [6, 6.07) is 4.98. The molecule has 0 saturated carbocycles. The average molecular weight is 502 g/mol. The topological polar surface area (TPSA) is 82.1 Å². The number of morpholine rings is 1. The molecule has 1 unspecified atom stereocenters. The fraction of sp³-hybridized carbons (Fsp3) is 0.368. The van der Waals surface area contributed by atoms with Gasteiger partial charge in [-0.1, -0.05) is 0 Å². The van der Waals surface area contributed by atoms with Crippen LogP contribution in [0.15, 0.2) is 28.1 Å². The number of aliphatic hydroxyl groups excluding tert-OH is 1. The zero-order valence-electron chi connectivity index (χ0n) is 15.6. The number of ether oxygens (including phenoxy) is 1. The molecule has 7 nitrogen and oxygen atoms in total. The molecule has 0 bridgehead atoms. The standard InChI is InChI=1S/C19H18BrF2N3O4S/c20-16-2-1-15(30-16)19(28)23-10-5-17(26)25(8-10)14-7-11(21)13(6-12(14)22)24-3-4-29-9-18(24)27/h1-2,6-7,10,19,23,28H,3-5,8-9H2/t10-,19?/m1/s1. The zero-order valence-corrected chi connectivity index (χ0v) is 18.0. The first kappa shape index (κ1) is 21.3. The number of nitrogens with one attached hydrogen (secondary N) is 1. The summed E-state index contributed by atoms with van der Waals surface area (Å²) in [5, 5.41) is 13.2. The Kier molecular flexibility index (Phi) is 6.16. The molecule has 2 N–H and O–H groups in total. The highest BCUT2D eigenvalue weighted by Crippen LogP contribution is 2.32. The quantitative estimate of drug-likeness (QED) is 0.615. The number of benzene rings is 1. The second-order valence-electron chi connectivity index (χ2n) is 6.97.